The smallest absolute Gasteiger partial charge is 0.136 e. The Balaban J connectivity index is 2.37. The summed E-state index contributed by atoms with van der Waals surface area (Å²) in [5, 5.41) is 12.2. The Morgan fingerprint density at radius 1 is 1.25 bits per heavy atom. The molecule has 0 aliphatic rings. The van der Waals surface area contributed by atoms with E-state index in [1.165, 1.54) is 0 Å². The number of anilines is 3. The molecule has 102 valence electrons. The molecule has 0 radical (unpaired) electrons. The zero-order chi connectivity index (χ0) is 14.7. The van der Waals surface area contributed by atoms with Gasteiger partial charge in [0.25, 0.3) is 0 Å². The van der Waals surface area contributed by atoms with Gasteiger partial charge in [0.2, 0.25) is 0 Å². The average Bonchev–Trinajstić information content (AvgIpc) is 2.40. The Hall–Kier alpha value is -2.61. The molecule has 0 saturated heterocycles. The SMILES string of the molecule is Cc1ccc(C#N)cc1Nc1cc(N)nc(C(C)C)n1. The Labute approximate surface area is 118 Å². The van der Waals surface area contributed by atoms with E-state index in [1.807, 2.05) is 26.8 Å². The fourth-order valence-corrected chi connectivity index (χ4v) is 1.77. The van der Waals surface area contributed by atoms with Gasteiger partial charge in [-0.15, -0.1) is 0 Å². The Kier molecular flexibility index (Phi) is 3.85. The predicted molar refractivity (Wildman–Crippen MR) is 79.7 cm³/mol. The summed E-state index contributed by atoms with van der Waals surface area (Å²) in [6, 6.07) is 9.29. The van der Waals surface area contributed by atoms with Gasteiger partial charge in [-0.3, -0.25) is 0 Å². The number of hydrogen-bond acceptors (Lipinski definition) is 5. The van der Waals surface area contributed by atoms with Gasteiger partial charge in [-0.1, -0.05) is 19.9 Å². The van der Waals surface area contributed by atoms with Crippen LogP contribution in [0.4, 0.5) is 17.3 Å². The number of nitrogen functional groups attached to an aromatic ring is 1. The molecule has 2 aromatic rings. The van der Waals surface area contributed by atoms with E-state index >= 15 is 0 Å². The maximum Gasteiger partial charge on any atom is 0.136 e. The van der Waals surface area contributed by atoms with Crippen molar-refractivity contribution in [1.29, 1.82) is 5.26 Å². The third-order valence-corrected chi connectivity index (χ3v) is 2.91. The Morgan fingerprint density at radius 3 is 2.65 bits per heavy atom. The number of nitrogens with two attached hydrogens (primary N) is 1. The van der Waals surface area contributed by atoms with Crippen molar-refractivity contribution in [2.45, 2.75) is 26.7 Å². The lowest BCUT2D eigenvalue weighted by atomic mass is 10.1. The standard InChI is InChI=1S/C15H17N5/c1-9(2)15-19-13(17)7-14(20-15)18-12-6-11(8-16)5-4-10(12)3/h4-7,9H,1-3H3,(H3,17,18,19,20). The van der Waals surface area contributed by atoms with Gasteiger partial charge >= 0.3 is 0 Å². The highest BCUT2D eigenvalue weighted by Crippen LogP contribution is 2.22. The molecule has 0 fully saturated rings. The van der Waals surface area contributed by atoms with Crippen LogP contribution in [-0.4, -0.2) is 9.97 Å². The summed E-state index contributed by atoms with van der Waals surface area (Å²) >= 11 is 0. The zero-order valence-corrected chi connectivity index (χ0v) is 11.8. The number of aryl methyl sites for hydroxylation is 1. The van der Waals surface area contributed by atoms with Gasteiger partial charge < -0.3 is 11.1 Å². The molecule has 3 N–H and O–H groups in total. The topological polar surface area (TPSA) is 87.6 Å². The highest BCUT2D eigenvalue weighted by Gasteiger charge is 2.08. The van der Waals surface area contributed by atoms with Gasteiger partial charge in [0.1, 0.15) is 17.5 Å². The minimum absolute atomic E-state index is 0.200. The lowest BCUT2D eigenvalue weighted by Crippen LogP contribution is -2.05. The largest absolute Gasteiger partial charge is 0.384 e. The van der Waals surface area contributed by atoms with E-state index in [-0.39, 0.29) is 5.92 Å². The predicted octanol–water partition coefficient (Wildman–Crippen LogP) is 3.11. The van der Waals surface area contributed by atoms with E-state index in [0.717, 1.165) is 11.3 Å². The van der Waals surface area contributed by atoms with E-state index in [2.05, 4.69) is 21.4 Å². The third kappa shape index (κ3) is 3.04. The van der Waals surface area contributed by atoms with E-state index in [0.29, 0.717) is 23.0 Å². The number of nitrogens with one attached hydrogen (secondary N) is 1. The summed E-state index contributed by atoms with van der Waals surface area (Å²) in [7, 11) is 0. The number of hydrogen-bond donors (Lipinski definition) is 2. The van der Waals surface area contributed by atoms with Gasteiger partial charge in [-0.25, -0.2) is 9.97 Å². The van der Waals surface area contributed by atoms with E-state index in [4.69, 9.17) is 11.0 Å². The maximum absolute atomic E-state index is 8.96. The molecule has 0 spiro atoms. The number of aromatic nitrogens is 2. The summed E-state index contributed by atoms with van der Waals surface area (Å²) in [5.74, 6) is 1.96. The van der Waals surface area contributed by atoms with Crippen molar-refractivity contribution in [3.8, 4) is 6.07 Å². The van der Waals surface area contributed by atoms with Gasteiger partial charge in [-0.2, -0.15) is 5.26 Å². The van der Waals surface area contributed by atoms with Crippen molar-refractivity contribution in [1.82, 2.24) is 9.97 Å². The van der Waals surface area contributed by atoms with E-state index < -0.39 is 0 Å². The summed E-state index contributed by atoms with van der Waals surface area (Å²) < 4.78 is 0. The van der Waals surface area contributed by atoms with Crippen molar-refractivity contribution in [3.05, 3.63) is 41.2 Å². The van der Waals surface area contributed by atoms with Crippen LogP contribution in [0.2, 0.25) is 0 Å². The zero-order valence-electron chi connectivity index (χ0n) is 11.8. The molecule has 0 unspecified atom stereocenters. The number of nitriles is 1. The van der Waals surface area contributed by atoms with Gasteiger partial charge in [0.05, 0.1) is 11.6 Å². The summed E-state index contributed by atoms with van der Waals surface area (Å²) in [4.78, 5) is 8.65. The Morgan fingerprint density at radius 2 is 2.00 bits per heavy atom. The van der Waals surface area contributed by atoms with Crippen LogP contribution in [0.1, 0.15) is 36.7 Å². The van der Waals surface area contributed by atoms with Crippen molar-refractivity contribution < 1.29 is 0 Å². The number of nitrogens with zero attached hydrogens (tertiary/aromatic N) is 3. The molecule has 0 aliphatic heterocycles. The van der Waals surface area contributed by atoms with Gasteiger partial charge in [0, 0.05) is 17.7 Å². The fraction of sp³-hybridized carbons (Fsp3) is 0.267. The molecule has 20 heavy (non-hydrogen) atoms. The molecule has 1 aromatic carbocycles. The molecular formula is C15H17N5. The fourth-order valence-electron chi connectivity index (χ4n) is 1.77. The number of rotatable bonds is 3. The first kappa shape index (κ1) is 13.8. The second-order valence-electron chi connectivity index (χ2n) is 4.96. The van der Waals surface area contributed by atoms with Crippen molar-refractivity contribution >= 4 is 17.3 Å². The summed E-state index contributed by atoms with van der Waals surface area (Å²) in [5.41, 5.74) is 8.28. The normalized spacial score (nSPS) is 10.3. The van der Waals surface area contributed by atoms with E-state index in [1.54, 1.807) is 18.2 Å². The maximum atomic E-state index is 8.96. The lowest BCUT2D eigenvalue weighted by molar-refractivity contribution is 0.779. The quantitative estimate of drug-likeness (QED) is 0.892. The summed E-state index contributed by atoms with van der Waals surface area (Å²) in [6.07, 6.45) is 0. The molecule has 0 bridgehead atoms. The Bertz CT molecular complexity index is 670. The molecular weight excluding hydrogens is 250 g/mol. The third-order valence-electron chi connectivity index (χ3n) is 2.91. The monoisotopic (exact) mass is 267 g/mol. The van der Waals surface area contributed by atoms with Gasteiger partial charge in [-0.05, 0) is 24.6 Å². The van der Waals surface area contributed by atoms with Gasteiger partial charge in [0.15, 0.2) is 0 Å². The van der Waals surface area contributed by atoms with Crippen LogP contribution in [0, 0.1) is 18.3 Å². The highest BCUT2D eigenvalue weighted by molar-refractivity contribution is 5.64. The molecule has 0 aliphatic carbocycles. The minimum Gasteiger partial charge on any atom is -0.384 e. The first-order valence-corrected chi connectivity index (χ1v) is 6.42. The van der Waals surface area contributed by atoms with Crippen LogP contribution in [0.25, 0.3) is 0 Å². The molecule has 1 heterocycles. The highest BCUT2D eigenvalue weighted by atomic mass is 15.1. The first-order chi connectivity index (χ1) is 9.49. The van der Waals surface area contributed by atoms with Crippen LogP contribution >= 0.6 is 0 Å². The van der Waals surface area contributed by atoms with Crippen LogP contribution in [0.5, 0.6) is 0 Å². The minimum atomic E-state index is 0.200. The van der Waals surface area contributed by atoms with E-state index in [9.17, 15) is 0 Å². The van der Waals surface area contributed by atoms with Crippen molar-refractivity contribution in [2.75, 3.05) is 11.1 Å². The van der Waals surface area contributed by atoms with Crippen molar-refractivity contribution in [3.63, 3.8) is 0 Å². The summed E-state index contributed by atoms with van der Waals surface area (Å²) in [6.45, 7) is 6.00. The van der Waals surface area contributed by atoms with Crippen molar-refractivity contribution in [2.24, 2.45) is 0 Å². The van der Waals surface area contributed by atoms with Crippen LogP contribution in [0.15, 0.2) is 24.3 Å². The molecule has 0 saturated carbocycles. The molecule has 0 atom stereocenters. The lowest BCUT2D eigenvalue weighted by Gasteiger charge is -2.12. The van der Waals surface area contributed by atoms with Crippen LogP contribution in [-0.2, 0) is 0 Å². The molecule has 2 rings (SSSR count). The molecule has 5 nitrogen and oxygen atoms in total. The van der Waals surface area contributed by atoms with Crippen LogP contribution < -0.4 is 11.1 Å². The number of benzene rings is 1. The van der Waals surface area contributed by atoms with Crippen LogP contribution in [0.3, 0.4) is 0 Å². The first-order valence-electron chi connectivity index (χ1n) is 6.42. The molecule has 0 amide bonds. The molecule has 5 heteroatoms. The molecule has 1 aromatic heterocycles. The second kappa shape index (κ2) is 5.57. The average molecular weight is 267 g/mol. The second-order valence-corrected chi connectivity index (χ2v) is 4.96.